The monoisotopic (exact) mass is 281 g/mol. The van der Waals surface area contributed by atoms with E-state index < -0.39 is 6.10 Å². The molecule has 4 heteroatoms. The van der Waals surface area contributed by atoms with Crippen LogP contribution >= 0.6 is 11.6 Å². The lowest BCUT2D eigenvalue weighted by Crippen LogP contribution is -2.50. The predicted octanol–water partition coefficient (Wildman–Crippen LogP) is 3.01. The van der Waals surface area contributed by atoms with Crippen LogP contribution in [0.3, 0.4) is 0 Å². The Hall–Kier alpha value is -0.770. The number of aliphatic hydroxyl groups excluding tert-OH is 1. The fourth-order valence-electron chi connectivity index (χ4n) is 3.19. The summed E-state index contributed by atoms with van der Waals surface area (Å²) in [6.07, 6.45) is 2.19. The topological polar surface area (TPSA) is 32.7 Å². The molecule has 0 aromatic heterocycles. The number of aliphatic hydroxyl groups is 1. The number of halogens is 1. The quantitative estimate of drug-likeness (QED) is 0.859. The van der Waals surface area contributed by atoms with Crippen LogP contribution in [0.25, 0.3) is 0 Å². The SMILES string of the molecule is CCN1CCC2(CC1)C[C@@H](O)c1cc(Cl)ccc1O2. The zero-order chi connectivity index (χ0) is 13.5. The first kappa shape index (κ1) is 13.2. The summed E-state index contributed by atoms with van der Waals surface area (Å²) >= 11 is 5.98. The predicted molar refractivity (Wildman–Crippen MR) is 75.7 cm³/mol. The molecule has 0 amide bonds. The zero-order valence-corrected chi connectivity index (χ0v) is 12.0. The van der Waals surface area contributed by atoms with Gasteiger partial charge in [0.2, 0.25) is 0 Å². The van der Waals surface area contributed by atoms with Gasteiger partial charge in [-0.15, -0.1) is 0 Å². The van der Waals surface area contributed by atoms with Crippen LogP contribution in [0.4, 0.5) is 0 Å². The van der Waals surface area contributed by atoms with Crippen molar-refractivity contribution in [1.82, 2.24) is 4.90 Å². The molecule has 1 saturated heterocycles. The number of piperidine rings is 1. The molecule has 2 aliphatic heterocycles. The number of fused-ring (bicyclic) bond motifs is 1. The number of nitrogens with zero attached hydrogens (tertiary/aromatic N) is 1. The summed E-state index contributed by atoms with van der Waals surface area (Å²) in [7, 11) is 0. The summed E-state index contributed by atoms with van der Waals surface area (Å²) in [6, 6.07) is 5.52. The maximum atomic E-state index is 10.4. The summed E-state index contributed by atoms with van der Waals surface area (Å²) in [6.45, 7) is 5.37. The van der Waals surface area contributed by atoms with E-state index in [2.05, 4.69) is 11.8 Å². The van der Waals surface area contributed by atoms with Crippen molar-refractivity contribution in [2.24, 2.45) is 0 Å². The van der Waals surface area contributed by atoms with E-state index in [9.17, 15) is 5.11 Å². The summed E-state index contributed by atoms with van der Waals surface area (Å²) in [4.78, 5) is 2.43. The van der Waals surface area contributed by atoms with Crippen molar-refractivity contribution in [3.05, 3.63) is 28.8 Å². The maximum absolute atomic E-state index is 10.4. The van der Waals surface area contributed by atoms with Gasteiger partial charge in [0.15, 0.2) is 0 Å². The van der Waals surface area contributed by atoms with Crippen molar-refractivity contribution < 1.29 is 9.84 Å². The summed E-state index contributed by atoms with van der Waals surface area (Å²) in [5.41, 5.74) is 0.641. The smallest absolute Gasteiger partial charge is 0.126 e. The molecule has 2 aliphatic rings. The molecule has 1 fully saturated rings. The summed E-state index contributed by atoms with van der Waals surface area (Å²) in [5.74, 6) is 0.799. The molecule has 19 heavy (non-hydrogen) atoms. The number of rotatable bonds is 1. The van der Waals surface area contributed by atoms with Gasteiger partial charge in [-0.3, -0.25) is 0 Å². The lowest BCUT2D eigenvalue weighted by Gasteiger charge is -2.45. The van der Waals surface area contributed by atoms with Gasteiger partial charge < -0.3 is 14.7 Å². The highest BCUT2D eigenvalue weighted by Gasteiger charge is 2.42. The molecule has 3 rings (SSSR count). The lowest BCUT2D eigenvalue weighted by atomic mass is 9.81. The number of ether oxygens (including phenoxy) is 1. The maximum Gasteiger partial charge on any atom is 0.126 e. The van der Waals surface area contributed by atoms with Gasteiger partial charge in [0.1, 0.15) is 11.4 Å². The largest absolute Gasteiger partial charge is 0.487 e. The van der Waals surface area contributed by atoms with Gasteiger partial charge >= 0.3 is 0 Å². The highest BCUT2D eigenvalue weighted by atomic mass is 35.5. The first-order valence-corrected chi connectivity index (χ1v) is 7.38. The normalized spacial score (nSPS) is 25.9. The standard InChI is InChI=1S/C15H20ClNO2/c1-2-17-7-5-15(6-8-17)10-13(18)12-9-11(16)3-4-14(12)19-15/h3-4,9,13,18H,2,5-8,10H2,1H3/t13-/m1/s1. The second-order valence-electron chi connectivity index (χ2n) is 5.62. The molecule has 104 valence electrons. The van der Waals surface area contributed by atoms with E-state index in [4.69, 9.17) is 16.3 Å². The Balaban J connectivity index is 1.83. The molecule has 1 N–H and O–H groups in total. The average molecular weight is 282 g/mol. The average Bonchev–Trinajstić information content (AvgIpc) is 2.41. The van der Waals surface area contributed by atoms with Crippen molar-refractivity contribution in [3.63, 3.8) is 0 Å². The number of hydrogen-bond donors (Lipinski definition) is 1. The molecule has 1 spiro atoms. The van der Waals surface area contributed by atoms with Crippen molar-refractivity contribution in [1.29, 1.82) is 0 Å². The Morgan fingerprint density at radius 1 is 1.42 bits per heavy atom. The molecule has 0 unspecified atom stereocenters. The highest BCUT2D eigenvalue weighted by molar-refractivity contribution is 6.30. The van der Waals surface area contributed by atoms with Gasteiger partial charge in [0.25, 0.3) is 0 Å². The lowest BCUT2D eigenvalue weighted by molar-refractivity contribution is -0.0531. The third kappa shape index (κ3) is 2.47. The fraction of sp³-hybridized carbons (Fsp3) is 0.600. The fourth-order valence-corrected chi connectivity index (χ4v) is 3.37. The van der Waals surface area contributed by atoms with E-state index in [1.165, 1.54) is 0 Å². The number of hydrogen-bond acceptors (Lipinski definition) is 3. The van der Waals surface area contributed by atoms with Gasteiger partial charge in [-0.25, -0.2) is 0 Å². The Labute approximate surface area is 119 Å². The minimum Gasteiger partial charge on any atom is -0.487 e. The molecule has 1 aromatic rings. The first-order chi connectivity index (χ1) is 9.12. The molecule has 1 atom stereocenters. The van der Waals surface area contributed by atoms with E-state index in [1.54, 1.807) is 0 Å². The summed E-state index contributed by atoms with van der Waals surface area (Å²) in [5, 5.41) is 11.0. The third-order valence-electron chi connectivity index (χ3n) is 4.44. The van der Waals surface area contributed by atoms with Gasteiger partial charge in [0, 0.05) is 30.1 Å². The van der Waals surface area contributed by atoms with E-state index in [1.807, 2.05) is 18.2 Å². The van der Waals surface area contributed by atoms with Crippen molar-refractivity contribution in [3.8, 4) is 5.75 Å². The molecule has 2 heterocycles. The van der Waals surface area contributed by atoms with E-state index in [0.29, 0.717) is 11.4 Å². The minimum atomic E-state index is -0.462. The van der Waals surface area contributed by atoms with Gasteiger partial charge in [-0.2, -0.15) is 0 Å². The Bertz CT molecular complexity index is 469. The van der Waals surface area contributed by atoms with Crippen LogP contribution in [-0.4, -0.2) is 35.2 Å². The Morgan fingerprint density at radius 3 is 2.84 bits per heavy atom. The first-order valence-electron chi connectivity index (χ1n) is 7.01. The second kappa shape index (κ2) is 4.97. The third-order valence-corrected chi connectivity index (χ3v) is 4.67. The van der Waals surface area contributed by atoms with E-state index >= 15 is 0 Å². The van der Waals surface area contributed by atoms with Crippen LogP contribution < -0.4 is 4.74 Å². The molecular formula is C15H20ClNO2. The van der Waals surface area contributed by atoms with Crippen molar-refractivity contribution >= 4 is 11.6 Å². The van der Waals surface area contributed by atoms with Crippen LogP contribution in [0.1, 0.15) is 37.9 Å². The van der Waals surface area contributed by atoms with Gasteiger partial charge in [-0.05, 0) is 37.6 Å². The van der Waals surface area contributed by atoms with Crippen LogP contribution in [0.5, 0.6) is 5.75 Å². The highest BCUT2D eigenvalue weighted by Crippen LogP contribution is 2.44. The van der Waals surface area contributed by atoms with Gasteiger partial charge in [0.05, 0.1) is 6.10 Å². The van der Waals surface area contributed by atoms with E-state index in [0.717, 1.165) is 43.8 Å². The number of likely N-dealkylation sites (tertiary alicyclic amines) is 1. The van der Waals surface area contributed by atoms with Crippen LogP contribution in [0, 0.1) is 0 Å². The molecule has 3 nitrogen and oxygen atoms in total. The summed E-state index contributed by atoms with van der Waals surface area (Å²) < 4.78 is 6.23. The van der Waals surface area contributed by atoms with Crippen molar-refractivity contribution in [2.75, 3.05) is 19.6 Å². The number of benzene rings is 1. The second-order valence-corrected chi connectivity index (χ2v) is 6.06. The van der Waals surface area contributed by atoms with Crippen LogP contribution in [-0.2, 0) is 0 Å². The molecule has 0 aliphatic carbocycles. The molecular weight excluding hydrogens is 262 g/mol. The minimum absolute atomic E-state index is 0.189. The van der Waals surface area contributed by atoms with E-state index in [-0.39, 0.29) is 5.60 Å². The van der Waals surface area contributed by atoms with Gasteiger partial charge in [-0.1, -0.05) is 18.5 Å². The zero-order valence-electron chi connectivity index (χ0n) is 11.2. The Morgan fingerprint density at radius 2 is 2.16 bits per heavy atom. The van der Waals surface area contributed by atoms with Crippen LogP contribution in [0.15, 0.2) is 18.2 Å². The molecule has 0 radical (unpaired) electrons. The Kier molecular flexibility index (Phi) is 3.46. The van der Waals surface area contributed by atoms with Crippen molar-refractivity contribution in [2.45, 2.75) is 37.9 Å². The van der Waals surface area contributed by atoms with Crippen LogP contribution in [0.2, 0.25) is 5.02 Å². The molecule has 0 bridgehead atoms. The molecule has 1 aromatic carbocycles. The molecule has 0 saturated carbocycles.